The van der Waals surface area contributed by atoms with Gasteiger partial charge in [-0.05, 0) is 18.4 Å². The summed E-state index contributed by atoms with van der Waals surface area (Å²) in [7, 11) is 0. The summed E-state index contributed by atoms with van der Waals surface area (Å²) in [5, 5.41) is 10.1. The Morgan fingerprint density at radius 1 is 1.67 bits per heavy atom. The minimum absolute atomic E-state index is 0.400. The molecule has 1 rings (SSSR count). The second kappa shape index (κ2) is 2.49. The van der Waals surface area contributed by atoms with Crippen LogP contribution in [-0.2, 0) is 4.79 Å². The van der Waals surface area contributed by atoms with Crippen molar-refractivity contribution in [2.75, 3.05) is 0 Å². The number of allylic oxidation sites excluding steroid dienone is 3. The molecule has 0 N–H and O–H groups in total. The van der Waals surface area contributed by atoms with Gasteiger partial charge in [0.1, 0.15) is 0 Å². The summed E-state index contributed by atoms with van der Waals surface area (Å²) >= 11 is 0. The van der Waals surface area contributed by atoms with Crippen LogP contribution in [0.2, 0.25) is 0 Å². The minimum Gasteiger partial charge on any atom is -0.545 e. The molecule has 0 atom stereocenters. The number of hydrogen-bond donors (Lipinski definition) is 0. The molecule has 0 aromatic carbocycles. The van der Waals surface area contributed by atoms with E-state index in [-0.39, 0.29) is 0 Å². The van der Waals surface area contributed by atoms with Crippen LogP contribution in [0.1, 0.15) is 12.8 Å². The normalized spacial score (nSPS) is 17.1. The molecule has 0 aromatic heterocycles. The molecule has 0 fully saturated rings. The van der Waals surface area contributed by atoms with Gasteiger partial charge in [0.25, 0.3) is 0 Å². The van der Waals surface area contributed by atoms with Gasteiger partial charge in [-0.25, -0.2) is 0 Å². The first-order valence-corrected chi connectivity index (χ1v) is 2.88. The Kier molecular flexibility index (Phi) is 1.68. The summed E-state index contributed by atoms with van der Waals surface area (Å²) in [6, 6.07) is 0. The third-order valence-corrected chi connectivity index (χ3v) is 1.28. The molecule has 1 aliphatic rings. The van der Waals surface area contributed by atoms with Gasteiger partial charge in [0.2, 0.25) is 0 Å². The SMILES string of the molecule is O=C([O-])C1=CC=CCC1. The summed E-state index contributed by atoms with van der Waals surface area (Å²) < 4.78 is 0. The van der Waals surface area contributed by atoms with Gasteiger partial charge in [0.15, 0.2) is 0 Å². The fourth-order valence-electron chi connectivity index (χ4n) is 0.773. The van der Waals surface area contributed by atoms with Crippen LogP contribution in [0.3, 0.4) is 0 Å². The molecule has 0 unspecified atom stereocenters. The van der Waals surface area contributed by atoms with E-state index >= 15 is 0 Å². The van der Waals surface area contributed by atoms with Crippen LogP contribution in [0.4, 0.5) is 0 Å². The molecule has 0 bridgehead atoms. The molecular weight excluding hydrogens is 116 g/mol. The number of aliphatic carboxylic acids is 1. The maximum Gasteiger partial charge on any atom is 0.0674 e. The highest BCUT2D eigenvalue weighted by Gasteiger charge is 1.97. The highest BCUT2D eigenvalue weighted by atomic mass is 16.4. The van der Waals surface area contributed by atoms with Gasteiger partial charge in [-0.3, -0.25) is 0 Å². The van der Waals surface area contributed by atoms with E-state index in [1.807, 2.05) is 6.08 Å². The first-order chi connectivity index (χ1) is 4.30. The fraction of sp³-hybridized carbons (Fsp3) is 0.286. The Hall–Kier alpha value is -1.05. The minimum atomic E-state index is -1.04. The number of rotatable bonds is 1. The molecule has 9 heavy (non-hydrogen) atoms. The molecule has 0 saturated heterocycles. The summed E-state index contributed by atoms with van der Waals surface area (Å²) in [6.45, 7) is 0. The van der Waals surface area contributed by atoms with Crippen LogP contribution < -0.4 is 5.11 Å². The molecule has 1 aliphatic carbocycles. The molecule has 48 valence electrons. The lowest BCUT2D eigenvalue weighted by molar-refractivity contribution is -0.299. The van der Waals surface area contributed by atoms with Crippen molar-refractivity contribution in [3.63, 3.8) is 0 Å². The lowest BCUT2D eigenvalue weighted by Gasteiger charge is -2.07. The van der Waals surface area contributed by atoms with Crippen molar-refractivity contribution in [3.8, 4) is 0 Å². The molecule has 2 heteroatoms. The molecule has 0 amide bonds. The predicted octanol–water partition coefficient (Wildman–Crippen LogP) is 0.0127. The second-order valence-corrected chi connectivity index (χ2v) is 1.95. The Morgan fingerprint density at radius 3 is 2.78 bits per heavy atom. The molecule has 0 aliphatic heterocycles. The van der Waals surface area contributed by atoms with E-state index in [9.17, 15) is 9.90 Å². The topological polar surface area (TPSA) is 40.1 Å². The monoisotopic (exact) mass is 123 g/mol. The lowest BCUT2D eigenvalue weighted by Crippen LogP contribution is -2.24. The maximum absolute atomic E-state index is 10.1. The van der Waals surface area contributed by atoms with Crippen LogP contribution in [0.5, 0.6) is 0 Å². The molecular formula is C7H7O2-. The van der Waals surface area contributed by atoms with Gasteiger partial charge in [-0.2, -0.15) is 0 Å². The van der Waals surface area contributed by atoms with Crippen LogP contribution in [0, 0.1) is 0 Å². The molecule has 2 nitrogen and oxygen atoms in total. The third kappa shape index (κ3) is 1.42. The Bertz CT molecular complexity index is 177. The first kappa shape index (κ1) is 6.08. The van der Waals surface area contributed by atoms with E-state index in [0.29, 0.717) is 12.0 Å². The first-order valence-electron chi connectivity index (χ1n) is 2.88. The summed E-state index contributed by atoms with van der Waals surface area (Å²) in [5.41, 5.74) is 0.400. The van der Waals surface area contributed by atoms with Gasteiger partial charge in [0.05, 0.1) is 5.97 Å². The van der Waals surface area contributed by atoms with Crippen molar-refractivity contribution < 1.29 is 9.90 Å². The van der Waals surface area contributed by atoms with E-state index in [4.69, 9.17) is 0 Å². The quantitative estimate of drug-likeness (QED) is 0.493. The summed E-state index contributed by atoms with van der Waals surface area (Å²) in [6.07, 6.45) is 6.69. The maximum atomic E-state index is 10.1. The van der Waals surface area contributed by atoms with Gasteiger partial charge >= 0.3 is 0 Å². The summed E-state index contributed by atoms with van der Waals surface area (Å²) in [4.78, 5) is 10.1. The smallest absolute Gasteiger partial charge is 0.0674 e. The number of carbonyl (C=O) groups excluding carboxylic acids is 1. The Balaban J connectivity index is 2.68. The van der Waals surface area contributed by atoms with Gasteiger partial charge in [0, 0.05) is 0 Å². The zero-order valence-corrected chi connectivity index (χ0v) is 4.96. The predicted molar refractivity (Wildman–Crippen MR) is 31.5 cm³/mol. The van der Waals surface area contributed by atoms with Crippen LogP contribution in [0.15, 0.2) is 23.8 Å². The van der Waals surface area contributed by atoms with E-state index in [0.717, 1.165) is 6.42 Å². The Morgan fingerprint density at radius 2 is 2.44 bits per heavy atom. The van der Waals surface area contributed by atoms with Crippen molar-refractivity contribution in [1.82, 2.24) is 0 Å². The average molecular weight is 123 g/mol. The number of carbonyl (C=O) groups is 1. The average Bonchev–Trinajstić information content (AvgIpc) is 1.90. The van der Waals surface area contributed by atoms with Crippen LogP contribution in [0.25, 0.3) is 0 Å². The standard InChI is InChI=1S/C7H8O2/c8-7(9)6-4-2-1-3-5-6/h1-2,4H,3,5H2,(H,8,9)/p-1. The highest BCUT2D eigenvalue weighted by molar-refractivity contribution is 5.85. The van der Waals surface area contributed by atoms with Gasteiger partial charge < -0.3 is 9.90 Å². The molecule has 0 radical (unpaired) electrons. The van der Waals surface area contributed by atoms with E-state index in [1.165, 1.54) is 0 Å². The van der Waals surface area contributed by atoms with E-state index in [1.54, 1.807) is 12.2 Å². The largest absolute Gasteiger partial charge is 0.545 e. The molecule has 0 heterocycles. The van der Waals surface area contributed by atoms with Gasteiger partial charge in [-0.1, -0.05) is 18.2 Å². The van der Waals surface area contributed by atoms with E-state index in [2.05, 4.69) is 0 Å². The van der Waals surface area contributed by atoms with E-state index < -0.39 is 5.97 Å². The number of carboxylic acid groups (broad SMARTS) is 1. The van der Waals surface area contributed by atoms with Crippen molar-refractivity contribution >= 4 is 5.97 Å². The van der Waals surface area contributed by atoms with Gasteiger partial charge in [-0.15, -0.1) is 0 Å². The summed E-state index contributed by atoms with van der Waals surface area (Å²) in [5.74, 6) is -1.04. The zero-order valence-electron chi connectivity index (χ0n) is 4.96. The van der Waals surface area contributed by atoms with Crippen molar-refractivity contribution in [2.24, 2.45) is 0 Å². The van der Waals surface area contributed by atoms with Crippen LogP contribution >= 0.6 is 0 Å². The second-order valence-electron chi connectivity index (χ2n) is 1.95. The number of carboxylic acids is 1. The third-order valence-electron chi connectivity index (χ3n) is 1.28. The van der Waals surface area contributed by atoms with Crippen molar-refractivity contribution in [2.45, 2.75) is 12.8 Å². The zero-order chi connectivity index (χ0) is 6.69. The van der Waals surface area contributed by atoms with Crippen molar-refractivity contribution in [1.29, 1.82) is 0 Å². The Labute approximate surface area is 53.5 Å². The molecule has 0 aromatic rings. The number of hydrogen-bond acceptors (Lipinski definition) is 2. The highest BCUT2D eigenvalue weighted by Crippen LogP contribution is 2.09. The molecule has 0 spiro atoms. The van der Waals surface area contributed by atoms with Crippen molar-refractivity contribution in [3.05, 3.63) is 23.8 Å². The lowest BCUT2D eigenvalue weighted by atomic mass is 10.1. The molecule has 0 saturated carbocycles. The fourth-order valence-corrected chi connectivity index (χ4v) is 0.773. The van der Waals surface area contributed by atoms with Crippen LogP contribution in [-0.4, -0.2) is 5.97 Å².